The number of halogens is 2. The summed E-state index contributed by atoms with van der Waals surface area (Å²) in [4.78, 5) is 11.6. The van der Waals surface area contributed by atoms with Gasteiger partial charge in [0.25, 0.3) is 10.0 Å². The number of sulfonamides is 1. The lowest BCUT2D eigenvalue weighted by molar-refractivity contribution is -0.118. The normalized spacial score (nSPS) is 11.4. The Balaban J connectivity index is 2.17. The van der Waals surface area contributed by atoms with Crippen molar-refractivity contribution in [1.29, 1.82) is 0 Å². The maximum atomic E-state index is 12.4. The zero-order valence-corrected chi connectivity index (χ0v) is 16.2. The Bertz CT molecular complexity index is 852. The molecule has 24 heavy (non-hydrogen) atoms. The van der Waals surface area contributed by atoms with E-state index in [-0.39, 0.29) is 21.7 Å². The first-order valence-electron chi connectivity index (χ1n) is 7.08. The van der Waals surface area contributed by atoms with Crippen molar-refractivity contribution in [3.63, 3.8) is 0 Å². The molecule has 0 saturated carbocycles. The smallest absolute Gasteiger partial charge is 0.263 e. The lowest BCUT2D eigenvalue weighted by Gasteiger charge is -2.11. The van der Waals surface area contributed by atoms with Crippen LogP contribution in [0.1, 0.15) is 13.8 Å². The van der Waals surface area contributed by atoms with Crippen LogP contribution in [0.4, 0.5) is 11.4 Å². The van der Waals surface area contributed by atoms with E-state index in [2.05, 4.69) is 26.0 Å². The molecule has 2 N–H and O–H groups in total. The number of rotatable bonds is 5. The van der Waals surface area contributed by atoms with E-state index in [1.807, 2.05) is 0 Å². The topological polar surface area (TPSA) is 75.3 Å². The Morgan fingerprint density at radius 2 is 1.67 bits per heavy atom. The van der Waals surface area contributed by atoms with Crippen molar-refractivity contribution < 1.29 is 13.2 Å². The zero-order valence-electron chi connectivity index (χ0n) is 13.0. The molecular weight excluding hydrogens is 416 g/mol. The van der Waals surface area contributed by atoms with Gasteiger partial charge in [-0.3, -0.25) is 9.52 Å². The number of hydrogen-bond donors (Lipinski definition) is 2. The minimum absolute atomic E-state index is 0.00967. The van der Waals surface area contributed by atoms with Crippen LogP contribution in [0.2, 0.25) is 5.02 Å². The van der Waals surface area contributed by atoms with Crippen LogP contribution in [0.3, 0.4) is 0 Å². The largest absolute Gasteiger partial charge is 0.326 e. The van der Waals surface area contributed by atoms with Crippen molar-refractivity contribution in [2.24, 2.45) is 5.92 Å². The molecule has 2 aromatic carbocycles. The van der Waals surface area contributed by atoms with Gasteiger partial charge in [0.15, 0.2) is 0 Å². The summed E-state index contributed by atoms with van der Waals surface area (Å²) in [5.74, 6) is -0.243. The highest BCUT2D eigenvalue weighted by Crippen LogP contribution is 2.27. The number of nitrogens with one attached hydrogen (secondary N) is 2. The predicted octanol–water partition coefficient (Wildman–Crippen LogP) is 4.50. The molecule has 8 heteroatoms. The second kappa shape index (κ2) is 7.55. The first-order chi connectivity index (χ1) is 11.2. The summed E-state index contributed by atoms with van der Waals surface area (Å²) >= 11 is 9.23. The highest BCUT2D eigenvalue weighted by atomic mass is 79.9. The molecule has 0 unspecified atom stereocenters. The summed E-state index contributed by atoms with van der Waals surface area (Å²) in [6.07, 6.45) is 0. The van der Waals surface area contributed by atoms with Crippen molar-refractivity contribution >= 4 is 54.8 Å². The minimum atomic E-state index is -3.80. The second-order valence-electron chi connectivity index (χ2n) is 5.40. The highest BCUT2D eigenvalue weighted by Gasteiger charge is 2.18. The van der Waals surface area contributed by atoms with Crippen LogP contribution in [0.5, 0.6) is 0 Å². The number of amides is 1. The quantitative estimate of drug-likeness (QED) is 0.732. The Kier molecular flexibility index (Phi) is 5.90. The number of carbonyl (C=O) groups excluding carboxylic acids is 1. The van der Waals surface area contributed by atoms with Crippen molar-refractivity contribution in [3.8, 4) is 0 Å². The van der Waals surface area contributed by atoms with E-state index in [0.29, 0.717) is 15.8 Å². The van der Waals surface area contributed by atoms with Crippen molar-refractivity contribution in [3.05, 3.63) is 52.0 Å². The molecule has 5 nitrogen and oxygen atoms in total. The first-order valence-corrected chi connectivity index (χ1v) is 9.73. The van der Waals surface area contributed by atoms with Crippen LogP contribution in [0, 0.1) is 5.92 Å². The van der Waals surface area contributed by atoms with Crippen molar-refractivity contribution in [1.82, 2.24) is 0 Å². The molecule has 0 atom stereocenters. The number of anilines is 2. The molecule has 0 spiro atoms. The molecule has 0 fully saturated rings. The number of benzene rings is 2. The van der Waals surface area contributed by atoms with E-state index in [9.17, 15) is 13.2 Å². The summed E-state index contributed by atoms with van der Waals surface area (Å²) < 4.78 is 28.0. The first kappa shape index (κ1) is 18.8. The molecule has 2 rings (SSSR count). The van der Waals surface area contributed by atoms with E-state index in [0.717, 1.165) is 0 Å². The molecule has 2 aromatic rings. The summed E-state index contributed by atoms with van der Waals surface area (Å²) in [5.41, 5.74) is 0.967. The van der Waals surface area contributed by atoms with Crippen LogP contribution in [-0.4, -0.2) is 14.3 Å². The fourth-order valence-electron chi connectivity index (χ4n) is 1.81. The SMILES string of the molecule is CC(C)C(=O)Nc1ccc(NS(=O)(=O)c2ccc(Br)cc2Cl)cc1. The third kappa shape index (κ3) is 4.72. The molecule has 0 bridgehead atoms. The van der Waals surface area contributed by atoms with Crippen LogP contribution in [-0.2, 0) is 14.8 Å². The number of hydrogen-bond acceptors (Lipinski definition) is 3. The standard InChI is InChI=1S/C16H16BrClN2O3S/c1-10(2)16(21)19-12-4-6-13(7-5-12)20-24(22,23)15-8-3-11(17)9-14(15)18/h3-10,20H,1-2H3,(H,19,21). The van der Waals surface area contributed by atoms with E-state index in [1.54, 1.807) is 44.2 Å². The van der Waals surface area contributed by atoms with Crippen molar-refractivity contribution in [2.75, 3.05) is 10.0 Å². The van der Waals surface area contributed by atoms with Gasteiger partial charge >= 0.3 is 0 Å². The van der Waals surface area contributed by atoms with Gasteiger partial charge in [0, 0.05) is 21.8 Å². The van der Waals surface area contributed by atoms with Gasteiger partial charge in [-0.1, -0.05) is 41.4 Å². The maximum Gasteiger partial charge on any atom is 0.263 e. The Hall–Kier alpha value is -1.57. The van der Waals surface area contributed by atoms with Crippen LogP contribution < -0.4 is 10.0 Å². The minimum Gasteiger partial charge on any atom is -0.326 e. The summed E-state index contributed by atoms with van der Waals surface area (Å²) in [7, 11) is -3.80. The summed E-state index contributed by atoms with van der Waals surface area (Å²) in [6.45, 7) is 3.58. The highest BCUT2D eigenvalue weighted by molar-refractivity contribution is 9.10. The van der Waals surface area contributed by atoms with Crippen LogP contribution in [0.25, 0.3) is 0 Å². The van der Waals surface area contributed by atoms with Gasteiger partial charge in [0.2, 0.25) is 5.91 Å². The second-order valence-corrected chi connectivity index (χ2v) is 8.38. The van der Waals surface area contributed by atoms with Crippen LogP contribution in [0.15, 0.2) is 51.8 Å². The van der Waals surface area contributed by atoms with Gasteiger partial charge in [-0.2, -0.15) is 0 Å². The van der Waals surface area contributed by atoms with Gasteiger partial charge in [-0.05, 0) is 42.5 Å². The van der Waals surface area contributed by atoms with E-state index < -0.39 is 10.0 Å². The van der Waals surface area contributed by atoms with Gasteiger partial charge in [0.1, 0.15) is 4.90 Å². The molecule has 0 aliphatic carbocycles. The summed E-state index contributed by atoms with van der Waals surface area (Å²) in [5, 5.41) is 2.86. The number of carbonyl (C=O) groups is 1. The summed E-state index contributed by atoms with van der Waals surface area (Å²) in [6, 6.07) is 10.9. The Morgan fingerprint density at radius 3 is 2.21 bits per heavy atom. The lowest BCUT2D eigenvalue weighted by Crippen LogP contribution is -2.17. The molecule has 0 aliphatic rings. The van der Waals surface area contributed by atoms with E-state index in [4.69, 9.17) is 11.6 Å². The molecule has 0 aliphatic heterocycles. The maximum absolute atomic E-state index is 12.4. The molecule has 128 valence electrons. The molecule has 0 heterocycles. The lowest BCUT2D eigenvalue weighted by atomic mass is 10.2. The average molecular weight is 432 g/mol. The van der Waals surface area contributed by atoms with E-state index >= 15 is 0 Å². The average Bonchev–Trinajstić information content (AvgIpc) is 2.48. The fourth-order valence-corrected chi connectivity index (χ4v) is 3.91. The monoisotopic (exact) mass is 430 g/mol. The van der Waals surface area contributed by atoms with E-state index in [1.165, 1.54) is 12.1 Å². The van der Waals surface area contributed by atoms with Crippen molar-refractivity contribution in [2.45, 2.75) is 18.7 Å². The van der Waals surface area contributed by atoms with Crippen LogP contribution >= 0.6 is 27.5 Å². The van der Waals surface area contributed by atoms with Gasteiger partial charge in [-0.25, -0.2) is 8.42 Å². The molecule has 0 saturated heterocycles. The van der Waals surface area contributed by atoms with Gasteiger partial charge in [0.05, 0.1) is 5.02 Å². The molecular formula is C16H16BrClN2O3S. The zero-order chi connectivity index (χ0) is 17.9. The molecule has 1 amide bonds. The van der Waals surface area contributed by atoms with Gasteiger partial charge < -0.3 is 5.32 Å². The predicted molar refractivity (Wildman–Crippen MR) is 99.9 cm³/mol. The Labute approximate surface area is 154 Å². The third-order valence-corrected chi connectivity index (χ3v) is 5.47. The van der Waals surface area contributed by atoms with Gasteiger partial charge in [-0.15, -0.1) is 0 Å². The molecule has 0 aromatic heterocycles. The fraction of sp³-hybridized carbons (Fsp3) is 0.188. The third-order valence-electron chi connectivity index (χ3n) is 3.11. The molecule has 0 radical (unpaired) electrons. The Morgan fingerprint density at radius 1 is 1.08 bits per heavy atom.